The molecule has 0 radical (unpaired) electrons. The molecule has 0 bridgehead atoms. The highest BCUT2D eigenvalue weighted by molar-refractivity contribution is 7.17. The monoisotopic (exact) mass is 310 g/mol. The molecule has 0 saturated carbocycles. The fourth-order valence-electron chi connectivity index (χ4n) is 1.56. The first-order chi connectivity index (χ1) is 9.65. The van der Waals surface area contributed by atoms with Gasteiger partial charge in [0.05, 0.1) is 23.9 Å². The number of rotatable bonds is 5. The lowest BCUT2D eigenvalue weighted by atomic mass is 10.2. The Kier molecular flexibility index (Phi) is 4.86. The maximum absolute atomic E-state index is 12.0. The molecule has 0 aliphatic carbocycles. The van der Waals surface area contributed by atoms with E-state index in [2.05, 4.69) is 10.3 Å². The molecule has 20 heavy (non-hydrogen) atoms. The second-order valence-corrected chi connectivity index (χ2v) is 5.87. The summed E-state index contributed by atoms with van der Waals surface area (Å²) in [5, 5.41) is 3.28. The van der Waals surface area contributed by atoms with Crippen LogP contribution in [0, 0.1) is 0 Å². The van der Waals surface area contributed by atoms with Gasteiger partial charge in [-0.15, -0.1) is 22.7 Å². The Morgan fingerprint density at radius 2 is 2.20 bits per heavy atom. The minimum absolute atomic E-state index is 0.262. The van der Waals surface area contributed by atoms with Gasteiger partial charge in [0, 0.05) is 4.88 Å². The molecule has 7 heteroatoms. The Balaban J connectivity index is 2.23. The number of ether oxygens (including phenoxy) is 1. The molecule has 1 N–H and O–H groups in total. The first kappa shape index (κ1) is 14.7. The number of esters is 1. The van der Waals surface area contributed by atoms with Crippen molar-refractivity contribution in [2.45, 2.75) is 20.3 Å². The van der Waals surface area contributed by atoms with E-state index < -0.39 is 5.97 Å². The standard InChI is InChI=1S/C13H14N2O3S2/c1-3-8-5-9(13(17)18-4-2)12(20-8)15-11(16)10-6-14-7-19-10/h5-7H,3-4H2,1-2H3,(H,15,16). The van der Waals surface area contributed by atoms with E-state index >= 15 is 0 Å². The average Bonchev–Trinajstić information content (AvgIpc) is 3.08. The van der Waals surface area contributed by atoms with Crippen molar-refractivity contribution in [3.05, 3.63) is 33.1 Å². The fraction of sp³-hybridized carbons (Fsp3) is 0.308. The molecule has 0 atom stereocenters. The number of aryl methyl sites for hydroxylation is 1. The molecule has 0 aliphatic heterocycles. The van der Waals surface area contributed by atoms with Gasteiger partial charge in [0.2, 0.25) is 0 Å². The molecular formula is C13H14N2O3S2. The SMILES string of the molecule is CCOC(=O)c1cc(CC)sc1NC(=O)c1cncs1. The van der Waals surface area contributed by atoms with E-state index in [9.17, 15) is 9.59 Å². The van der Waals surface area contributed by atoms with Gasteiger partial charge in [0.25, 0.3) is 5.91 Å². The minimum atomic E-state index is -0.414. The van der Waals surface area contributed by atoms with E-state index in [-0.39, 0.29) is 5.91 Å². The van der Waals surface area contributed by atoms with Crippen LogP contribution in [0.15, 0.2) is 17.8 Å². The first-order valence-corrected chi connectivity index (χ1v) is 7.85. The van der Waals surface area contributed by atoms with Crippen LogP contribution in [0.3, 0.4) is 0 Å². The molecule has 1 amide bonds. The van der Waals surface area contributed by atoms with Gasteiger partial charge in [-0.05, 0) is 19.4 Å². The van der Waals surface area contributed by atoms with Gasteiger partial charge in [-0.3, -0.25) is 9.78 Å². The van der Waals surface area contributed by atoms with Gasteiger partial charge in [-0.2, -0.15) is 0 Å². The Morgan fingerprint density at radius 3 is 2.80 bits per heavy atom. The van der Waals surface area contributed by atoms with Crippen LogP contribution in [0.4, 0.5) is 5.00 Å². The maximum Gasteiger partial charge on any atom is 0.341 e. The number of aromatic nitrogens is 1. The lowest BCUT2D eigenvalue weighted by molar-refractivity contribution is 0.0528. The molecule has 0 aliphatic rings. The molecule has 0 aromatic carbocycles. The van der Waals surface area contributed by atoms with E-state index in [1.165, 1.54) is 28.9 Å². The van der Waals surface area contributed by atoms with Crippen LogP contribution in [0.2, 0.25) is 0 Å². The smallest absolute Gasteiger partial charge is 0.341 e. The number of hydrogen-bond donors (Lipinski definition) is 1. The van der Waals surface area contributed by atoms with Crippen molar-refractivity contribution >= 4 is 39.6 Å². The Labute approximate surface area is 124 Å². The van der Waals surface area contributed by atoms with Gasteiger partial charge in [0.1, 0.15) is 9.88 Å². The van der Waals surface area contributed by atoms with Crippen LogP contribution in [0.25, 0.3) is 0 Å². The molecule has 106 valence electrons. The lowest BCUT2D eigenvalue weighted by Crippen LogP contribution is -2.13. The molecular weight excluding hydrogens is 296 g/mol. The first-order valence-electron chi connectivity index (χ1n) is 6.15. The molecule has 5 nitrogen and oxygen atoms in total. The van der Waals surface area contributed by atoms with E-state index in [4.69, 9.17) is 4.74 Å². The average molecular weight is 310 g/mol. The molecule has 0 unspecified atom stereocenters. The zero-order valence-corrected chi connectivity index (χ0v) is 12.8. The zero-order chi connectivity index (χ0) is 14.5. The summed E-state index contributed by atoms with van der Waals surface area (Å²) in [6.07, 6.45) is 2.30. The summed E-state index contributed by atoms with van der Waals surface area (Å²) in [4.78, 5) is 29.3. The second kappa shape index (κ2) is 6.62. The summed E-state index contributed by atoms with van der Waals surface area (Å²) in [5.41, 5.74) is 2.00. The molecule has 0 spiro atoms. The molecule has 2 heterocycles. The molecule has 2 rings (SSSR count). The Hall–Kier alpha value is -1.73. The van der Waals surface area contributed by atoms with E-state index in [0.717, 1.165) is 11.3 Å². The molecule has 2 aromatic rings. The van der Waals surface area contributed by atoms with Crippen LogP contribution in [-0.2, 0) is 11.2 Å². The van der Waals surface area contributed by atoms with Crippen molar-refractivity contribution in [1.82, 2.24) is 4.98 Å². The molecule has 0 fully saturated rings. The summed E-state index contributed by atoms with van der Waals surface area (Å²) in [6.45, 7) is 4.05. The normalized spacial score (nSPS) is 10.3. The second-order valence-electron chi connectivity index (χ2n) is 3.85. The van der Waals surface area contributed by atoms with Crippen LogP contribution in [0.1, 0.15) is 38.8 Å². The lowest BCUT2D eigenvalue weighted by Gasteiger charge is -2.04. The third kappa shape index (κ3) is 3.23. The number of hydrogen-bond acceptors (Lipinski definition) is 6. The largest absolute Gasteiger partial charge is 0.462 e. The zero-order valence-electron chi connectivity index (χ0n) is 11.1. The fourth-order valence-corrected chi connectivity index (χ4v) is 3.06. The summed E-state index contributed by atoms with van der Waals surface area (Å²) in [7, 11) is 0. The number of thiophene rings is 1. The van der Waals surface area contributed by atoms with Crippen molar-refractivity contribution in [3.8, 4) is 0 Å². The molecule has 0 saturated heterocycles. The summed E-state index contributed by atoms with van der Waals surface area (Å²) >= 11 is 2.64. The van der Waals surface area contributed by atoms with Crippen LogP contribution < -0.4 is 5.32 Å². The van der Waals surface area contributed by atoms with Crippen molar-refractivity contribution in [2.24, 2.45) is 0 Å². The highest BCUT2D eigenvalue weighted by atomic mass is 32.1. The number of nitrogens with zero attached hydrogens (tertiary/aromatic N) is 1. The quantitative estimate of drug-likeness (QED) is 0.861. The third-order valence-electron chi connectivity index (χ3n) is 2.51. The van der Waals surface area contributed by atoms with Crippen LogP contribution in [-0.4, -0.2) is 23.5 Å². The minimum Gasteiger partial charge on any atom is -0.462 e. The third-order valence-corrected chi connectivity index (χ3v) is 4.48. The maximum atomic E-state index is 12.0. The topological polar surface area (TPSA) is 68.3 Å². The molecule has 2 aromatic heterocycles. The van der Waals surface area contributed by atoms with Crippen LogP contribution >= 0.6 is 22.7 Å². The number of carbonyl (C=O) groups is 2. The van der Waals surface area contributed by atoms with Crippen molar-refractivity contribution in [2.75, 3.05) is 11.9 Å². The van der Waals surface area contributed by atoms with Gasteiger partial charge in [-0.1, -0.05) is 6.92 Å². The highest BCUT2D eigenvalue weighted by Crippen LogP contribution is 2.30. The number of nitrogens with one attached hydrogen (secondary N) is 1. The summed E-state index contributed by atoms with van der Waals surface area (Å²) in [5.74, 6) is -0.675. The number of thiazole rings is 1. The highest BCUT2D eigenvalue weighted by Gasteiger charge is 2.19. The van der Waals surface area contributed by atoms with E-state index in [1.807, 2.05) is 6.92 Å². The predicted molar refractivity (Wildman–Crippen MR) is 79.7 cm³/mol. The number of carbonyl (C=O) groups excluding carboxylic acids is 2. The Morgan fingerprint density at radius 1 is 1.40 bits per heavy atom. The van der Waals surface area contributed by atoms with Gasteiger partial charge >= 0.3 is 5.97 Å². The van der Waals surface area contributed by atoms with Gasteiger partial charge in [0.15, 0.2) is 0 Å². The number of anilines is 1. The van der Waals surface area contributed by atoms with Crippen molar-refractivity contribution < 1.29 is 14.3 Å². The van der Waals surface area contributed by atoms with Gasteiger partial charge in [-0.25, -0.2) is 4.79 Å². The van der Waals surface area contributed by atoms with Crippen LogP contribution in [0.5, 0.6) is 0 Å². The Bertz CT molecular complexity index is 605. The van der Waals surface area contributed by atoms with Crippen molar-refractivity contribution in [1.29, 1.82) is 0 Å². The summed E-state index contributed by atoms with van der Waals surface area (Å²) in [6, 6.07) is 1.77. The predicted octanol–water partition coefficient (Wildman–Crippen LogP) is 3.20. The van der Waals surface area contributed by atoms with E-state index in [0.29, 0.717) is 22.0 Å². The van der Waals surface area contributed by atoms with Gasteiger partial charge < -0.3 is 10.1 Å². The number of amides is 1. The summed E-state index contributed by atoms with van der Waals surface area (Å²) < 4.78 is 5.01. The van der Waals surface area contributed by atoms with Crippen molar-refractivity contribution in [3.63, 3.8) is 0 Å². The van der Waals surface area contributed by atoms with E-state index in [1.54, 1.807) is 18.5 Å².